The summed E-state index contributed by atoms with van der Waals surface area (Å²) in [4.78, 5) is 28.5. The summed E-state index contributed by atoms with van der Waals surface area (Å²) in [6.07, 6.45) is 1.40. The molecule has 240 valence electrons. The summed E-state index contributed by atoms with van der Waals surface area (Å²) in [5, 5.41) is 3.47. The highest BCUT2D eigenvalue weighted by Crippen LogP contribution is 2.41. The molecule has 0 saturated heterocycles. The third kappa shape index (κ3) is 10.4. The number of amides is 2. The lowest BCUT2D eigenvalue weighted by molar-refractivity contribution is 0.0804. The van der Waals surface area contributed by atoms with E-state index < -0.39 is 12.2 Å². The first kappa shape index (κ1) is 33.6. The Kier molecular flexibility index (Phi) is 12.2. The first-order chi connectivity index (χ1) is 22.3. The predicted octanol–water partition coefficient (Wildman–Crippen LogP) is 9.33. The van der Waals surface area contributed by atoms with E-state index in [1.807, 2.05) is 110 Å². The number of aryl methyl sites for hydroxylation is 1. The van der Waals surface area contributed by atoms with Crippen LogP contribution in [0.1, 0.15) is 46.6 Å². The van der Waals surface area contributed by atoms with Gasteiger partial charge in [0.1, 0.15) is 13.2 Å². The molecule has 1 fully saturated rings. The number of hydrogen-bond acceptors (Lipinski definition) is 6. The van der Waals surface area contributed by atoms with E-state index in [1.165, 1.54) is 12.8 Å². The zero-order valence-electron chi connectivity index (χ0n) is 26.1. The number of hydrogen-bond donors (Lipinski definition) is 1. The standard InChI is InChI=1S/C37H39BrN2O5S/c1-26-19-31(38)13-17-34(26)30(24-43-22-27-9-5-3-6-10-27)25-44-36(41)39-32-14-18-35(46-33-15-16-33)29(20-32)21-40(2)37(42)45-23-28-11-7-4-8-12-28/h3-14,17-20,30,33H,15-16,21-25H2,1-2H3,(H,39,41)/t30-/m0/s1. The number of carbonyl (C=O) groups is 2. The molecule has 0 aromatic heterocycles. The van der Waals surface area contributed by atoms with E-state index in [0.29, 0.717) is 30.7 Å². The Labute approximate surface area is 283 Å². The molecular formula is C37H39BrN2O5S. The smallest absolute Gasteiger partial charge is 0.411 e. The summed E-state index contributed by atoms with van der Waals surface area (Å²) in [6, 6.07) is 31.5. The number of carbonyl (C=O) groups excluding carboxylic acids is 2. The average molecular weight is 704 g/mol. The van der Waals surface area contributed by atoms with Gasteiger partial charge in [-0.3, -0.25) is 5.32 Å². The van der Waals surface area contributed by atoms with Crippen LogP contribution in [0.5, 0.6) is 0 Å². The Morgan fingerprint density at radius 1 is 0.891 bits per heavy atom. The zero-order chi connectivity index (χ0) is 32.3. The third-order valence-corrected chi connectivity index (χ3v) is 9.52. The number of halogens is 1. The van der Waals surface area contributed by atoms with E-state index in [-0.39, 0.29) is 19.1 Å². The van der Waals surface area contributed by atoms with Gasteiger partial charge >= 0.3 is 12.2 Å². The van der Waals surface area contributed by atoms with Gasteiger partial charge in [0.05, 0.1) is 13.2 Å². The highest BCUT2D eigenvalue weighted by molar-refractivity contribution is 9.10. The third-order valence-electron chi connectivity index (χ3n) is 7.57. The molecule has 0 radical (unpaired) electrons. The van der Waals surface area contributed by atoms with Gasteiger partial charge in [-0.25, -0.2) is 9.59 Å². The van der Waals surface area contributed by atoms with Crippen molar-refractivity contribution < 1.29 is 23.8 Å². The fraction of sp³-hybridized carbons (Fsp3) is 0.297. The summed E-state index contributed by atoms with van der Waals surface area (Å²) < 4.78 is 18.3. The van der Waals surface area contributed by atoms with Crippen molar-refractivity contribution in [2.45, 2.75) is 55.6 Å². The molecule has 0 unspecified atom stereocenters. The Morgan fingerprint density at radius 3 is 2.26 bits per heavy atom. The highest BCUT2D eigenvalue weighted by atomic mass is 79.9. The summed E-state index contributed by atoms with van der Waals surface area (Å²) in [7, 11) is 1.72. The molecule has 1 N–H and O–H groups in total. The molecule has 9 heteroatoms. The molecule has 0 heterocycles. The van der Waals surface area contributed by atoms with E-state index >= 15 is 0 Å². The van der Waals surface area contributed by atoms with Gasteiger partial charge in [-0.05, 0) is 77.9 Å². The summed E-state index contributed by atoms with van der Waals surface area (Å²) in [5.74, 6) is -0.147. The molecule has 4 aromatic carbocycles. The Bertz CT molecular complexity index is 1600. The van der Waals surface area contributed by atoms with Gasteiger partial charge in [0.2, 0.25) is 0 Å². The Morgan fingerprint density at radius 2 is 1.59 bits per heavy atom. The van der Waals surface area contributed by atoms with Gasteiger partial charge in [0.25, 0.3) is 0 Å². The molecule has 5 rings (SSSR count). The van der Waals surface area contributed by atoms with Crippen LogP contribution in [0.4, 0.5) is 15.3 Å². The lowest BCUT2D eigenvalue weighted by Gasteiger charge is -2.21. The van der Waals surface area contributed by atoms with E-state index in [9.17, 15) is 9.59 Å². The minimum Gasteiger partial charge on any atom is -0.449 e. The number of benzene rings is 4. The topological polar surface area (TPSA) is 77.1 Å². The van der Waals surface area contributed by atoms with Crippen LogP contribution in [0.2, 0.25) is 0 Å². The fourth-order valence-electron chi connectivity index (χ4n) is 4.96. The molecule has 1 atom stereocenters. The van der Waals surface area contributed by atoms with Gasteiger partial charge < -0.3 is 19.1 Å². The SMILES string of the molecule is Cc1cc(Br)ccc1[C@@H](COCc1ccccc1)COC(=O)Nc1ccc(SC2CC2)c(CN(C)C(=O)OCc2ccccc2)c1. The van der Waals surface area contributed by atoms with E-state index in [2.05, 4.69) is 27.3 Å². The monoisotopic (exact) mass is 702 g/mol. The number of thioether (sulfide) groups is 1. The van der Waals surface area contributed by atoms with Crippen LogP contribution in [0.15, 0.2) is 106 Å². The van der Waals surface area contributed by atoms with Crippen molar-refractivity contribution in [3.05, 3.63) is 129 Å². The Hall–Kier alpha value is -3.79. The number of ether oxygens (including phenoxy) is 3. The molecule has 1 saturated carbocycles. The normalized spacial score (nSPS) is 13.1. The lowest BCUT2D eigenvalue weighted by Crippen LogP contribution is -2.27. The van der Waals surface area contributed by atoms with E-state index in [0.717, 1.165) is 37.2 Å². The molecule has 1 aliphatic rings. The van der Waals surface area contributed by atoms with E-state index in [1.54, 1.807) is 11.9 Å². The molecule has 4 aromatic rings. The number of nitrogens with zero attached hydrogens (tertiary/aromatic N) is 1. The quantitative estimate of drug-likeness (QED) is 0.141. The molecule has 7 nitrogen and oxygen atoms in total. The Balaban J connectivity index is 1.21. The first-order valence-electron chi connectivity index (χ1n) is 15.4. The number of anilines is 1. The van der Waals surface area contributed by atoms with Crippen LogP contribution in [-0.4, -0.2) is 42.6 Å². The molecule has 0 aliphatic heterocycles. The molecule has 0 spiro atoms. The van der Waals surface area contributed by atoms with Crippen LogP contribution < -0.4 is 5.32 Å². The lowest BCUT2D eigenvalue weighted by atomic mass is 9.96. The summed E-state index contributed by atoms with van der Waals surface area (Å²) in [5.41, 5.74) is 5.71. The van der Waals surface area contributed by atoms with Crippen molar-refractivity contribution in [3.8, 4) is 0 Å². The minimum atomic E-state index is -0.549. The minimum absolute atomic E-state index is 0.147. The number of nitrogens with one attached hydrogen (secondary N) is 1. The van der Waals surface area contributed by atoms with Crippen molar-refractivity contribution >= 4 is 45.6 Å². The fourth-order valence-corrected chi connectivity index (χ4v) is 6.59. The second-order valence-corrected chi connectivity index (χ2v) is 13.7. The number of rotatable bonds is 14. The largest absolute Gasteiger partial charge is 0.449 e. The molecule has 1 aliphatic carbocycles. The van der Waals surface area contributed by atoms with E-state index in [4.69, 9.17) is 14.2 Å². The maximum Gasteiger partial charge on any atom is 0.411 e. The molecular weight excluding hydrogens is 664 g/mol. The van der Waals surface area contributed by atoms with Crippen molar-refractivity contribution in [2.24, 2.45) is 0 Å². The van der Waals surface area contributed by atoms with Crippen LogP contribution >= 0.6 is 27.7 Å². The van der Waals surface area contributed by atoms with Crippen molar-refractivity contribution in [1.29, 1.82) is 0 Å². The first-order valence-corrected chi connectivity index (χ1v) is 17.0. The van der Waals surface area contributed by atoms with Gasteiger partial charge in [-0.2, -0.15) is 0 Å². The maximum absolute atomic E-state index is 13.0. The summed E-state index contributed by atoms with van der Waals surface area (Å²) >= 11 is 5.35. The van der Waals surface area contributed by atoms with Crippen molar-refractivity contribution in [3.63, 3.8) is 0 Å². The van der Waals surface area contributed by atoms with Crippen molar-refractivity contribution in [2.75, 3.05) is 25.6 Å². The van der Waals surface area contributed by atoms with Crippen molar-refractivity contribution in [1.82, 2.24) is 4.90 Å². The van der Waals surface area contributed by atoms with Crippen LogP contribution in [-0.2, 0) is 34.0 Å². The molecule has 46 heavy (non-hydrogen) atoms. The maximum atomic E-state index is 13.0. The van der Waals surface area contributed by atoms with Crippen LogP contribution in [0.3, 0.4) is 0 Å². The molecule has 2 amide bonds. The molecule has 0 bridgehead atoms. The van der Waals surface area contributed by atoms with Gasteiger partial charge in [0.15, 0.2) is 0 Å². The van der Waals surface area contributed by atoms with Gasteiger partial charge in [0, 0.05) is 39.8 Å². The van der Waals surface area contributed by atoms with Gasteiger partial charge in [-0.15, -0.1) is 11.8 Å². The highest BCUT2D eigenvalue weighted by Gasteiger charge is 2.25. The van der Waals surface area contributed by atoms with Crippen LogP contribution in [0, 0.1) is 6.92 Å². The van der Waals surface area contributed by atoms with Crippen LogP contribution in [0.25, 0.3) is 0 Å². The second-order valence-electron chi connectivity index (χ2n) is 11.5. The predicted molar refractivity (Wildman–Crippen MR) is 186 cm³/mol. The van der Waals surface area contributed by atoms with Gasteiger partial charge in [-0.1, -0.05) is 82.7 Å². The second kappa shape index (κ2) is 16.7. The zero-order valence-corrected chi connectivity index (χ0v) is 28.5. The average Bonchev–Trinajstić information content (AvgIpc) is 3.88. The summed E-state index contributed by atoms with van der Waals surface area (Å²) in [6.45, 7) is 3.62.